The van der Waals surface area contributed by atoms with E-state index in [2.05, 4.69) is 63.5 Å². The lowest BCUT2D eigenvalue weighted by molar-refractivity contribution is -0.146. The molecule has 0 aromatic rings. The van der Waals surface area contributed by atoms with Gasteiger partial charge < -0.3 is 90.2 Å². The van der Waals surface area contributed by atoms with Gasteiger partial charge >= 0.3 is 5.97 Å². The van der Waals surface area contributed by atoms with Crippen molar-refractivity contribution in [3.63, 3.8) is 0 Å². The summed E-state index contributed by atoms with van der Waals surface area (Å²) in [5.41, 5.74) is 10.8. The van der Waals surface area contributed by atoms with Crippen LogP contribution in [0.2, 0.25) is 0 Å². The van der Waals surface area contributed by atoms with Crippen LogP contribution in [0.4, 0.5) is 0 Å². The first-order chi connectivity index (χ1) is 34.9. The second kappa shape index (κ2) is 29.4. The fraction of sp³-hybridized carbons (Fsp3) is 0.667. The number of rotatable bonds is 10. The third-order valence-electron chi connectivity index (χ3n) is 11.4. The number of aliphatic carboxylic acids is 1. The lowest BCUT2D eigenvalue weighted by atomic mass is 10.0. The molecule has 0 spiro atoms. The molecule has 3 heterocycles. The van der Waals surface area contributed by atoms with E-state index >= 15 is 0 Å². The SMILES string of the molecule is CC(C)[C@@H]1NC(=O)CNC(=O)[C@H](CO)NC(=O)[C@@H]2CS[C@H]3CC[C@H](NC(=O)[C@H](CO)NC(=O)CNC(=O)[C@H](C(C)C)NC(=O)[C@H](CC(=O)O)NC(=O)CNC(=O)[C@H](CCCN=C(N)N)NC(=O)CNC1=O)C(=O)N32. The minimum atomic E-state index is -1.82. The number of guanidine groups is 1. The van der Waals surface area contributed by atoms with Gasteiger partial charge in [0.15, 0.2) is 5.96 Å². The number of nitrogens with one attached hydrogen (secondary N) is 11. The first kappa shape index (κ1) is 61.0. The van der Waals surface area contributed by atoms with Gasteiger partial charge in [-0.1, -0.05) is 27.7 Å². The predicted octanol–water partition coefficient (Wildman–Crippen LogP) is -9.25. The number of aliphatic hydroxyl groups is 2. The number of carbonyl (C=O) groups excluding carboxylic acids is 12. The molecule has 3 saturated heterocycles. The summed E-state index contributed by atoms with van der Waals surface area (Å²) in [6.07, 6.45) is -0.639. The largest absolute Gasteiger partial charge is 0.481 e. The van der Waals surface area contributed by atoms with Gasteiger partial charge in [-0.25, -0.2) is 0 Å². The number of aliphatic hydroxyl groups excluding tert-OH is 2. The van der Waals surface area contributed by atoms with Crippen LogP contribution in [0.25, 0.3) is 0 Å². The fourth-order valence-electron chi connectivity index (χ4n) is 7.53. The maximum atomic E-state index is 13.8. The summed E-state index contributed by atoms with van der Waals surface area (Å²) in [5.74, 6) is -14.4. The Hall–Kier alpha value is -7.35. The second-order valence-electron chi connectivity index (χ2n) is 17.9. The van der Waals surface area contributed by atoms with E-state index in [1.807, 2.05) is 0 Å². The Labute approximate surface area is 428 Å². The van der Waals surface area contributed by atoms with Gasteiger partial charge in [0.1, 0.15) is 48.3 Å². The van der Waals surface area contributed by atoms with E-state index in [1.165, 1.54) is 30.5 Å². The summed E-state index contributed by atoms with van der Waals surface area (Å²) < 4.78 is 0. The molecule has 0 saturated carbocycles. The predicted molar refractivity (Wildman–Crippen MR) is 258 cm³/mol. The average molecular weight is 1070 g/mol. The van der Waals surface area contributed by atoms with Crippen molar-refractivity contribution in [3.05, 3.63) is 0 Å². The zero-order chi connectivity index (χ0) is 55.4. The van der Waals surface area contributed by atoms with Crippen molar-refractivity contribution >= 4 is 94.6 Å². The Kier molecular flexibility index (Phi) is 24.2. The maximum absolute atomic E-state index is 13.8. The smallest absolute Gasteiger partial charge is 0.305 e. The van der Waals surface area contributed by atoms with Crippen molar-refractivity contribution < 1.29 is 77.6 Å². The number of carboxylic acids is 1. The summed E-state index contributed by atoms with van der Waals surface area (Å²) in [6.45, 7) is 1.04. The van der Waals surface area contributed by atoms with E-state index in [-0.39, 0.29) is 43.9 Å². The number of fused-ring (bicyclic) bond motifs is 1. The van der Waals surface area contributed by atoms with Crippen LogP contribution in [-0.4, -0.2) is 208 Å². The van der Waals surface area contributed by atoms with Crippen LogP contribution in [0.15, 0.2) is 4.99 Å². The molecule has 0 radical (unpaired) electrons. The number of carboxylic acid groups (broad SMARTS) is 1. The van der Waals surface area contributed by atoms with Gasteiger partial charge in [0.2, 0.25) is 70.9 Å². The van der Waals surface area contributed by atoms with Crippen molar-refractivity contribution in [3.8, 4) is 0 Å². The summed E-state index contributed by atoms with van der Waals surface area (Å²) in [5, 5.41) is 54.6. The number of nitrogens with two attached hydrogens (primary N) is 2. The van der Waals surface area contributed by atoms with E-state index in [1.54, 1.807) is 13.8 Å². The highest BCUT2D eigenvalue weighted by molar-refractivity contribution is 8.00. The molecule has 3 aliphatic rings. The topological polar surface area (TPSA) is 483 Å². The van der Waals surface area contributed by atoms with Gasteiger partial charge in [0.25, 0.3) is 0 Å². The molecule has 2 bridgehead atoms. The van der Waals surface area contributed by atoms with Gasteiger partial charge in [-0.2, -0.15) is 0 Å². The minimum Gasteiger partial charge on any atom is -0.481 e. The number of nitrogens with zero attached hydrogens (tertiary/aromatic N) is 2. The Morgan fingerprint density at radius 1 is 0.595 bits per heavy atom. The molecule has 74 heavy (non-hydrogen) atoms. The van der Waals surface area contributed by atoms with Crippen molar-refractivity contribution in [1.82, 2.24) is 63.4 Å². The number of carbonyl (C=O) groups is 13. The molecule has 12 amide bonds. The van der Waals surface area contributed by atoms with E-state index in [4.69, 9.17) is 11.5 Å². The lowest BCUT2D eigenvalue weighted by Crippen LogP contribution is -2.62. The lowest BCUT2D eigenvalue weighted by Gasteiger charge is -2.37. The summed E-state index contributed by atoms with van der Waals surface area (Å²) >= 11 is 1.25. The third-order valence-corrected chi connectivity index (χ3v) is 12.8. The molecular weight excluding hydrogens is 1000 g/mol. The summed E-state index contributed by atoms with van der Waals surface area (Å²) in [7, 11) is 0. The molecule has 0 aliphatic carbocycles. The van der Waals surface area contributed by atoms with Gasteiger partial charge in [0.05, 0.1) is 51.2 Å². The van der Waals surface area contributed by atoms with Gasteiger partial charge in [-0.15, -0.1) is 11.8 Å². The van der Waals surface area contributed by atoms with Crippen LogP contribution >= 0.6 is 11.8 Å². The highest BCUT2D eigenvalue weighted by Gasteiger charge is 2.48. The van der Waals surface area contributed by atoms with Crippen LogP contribution in [0.5, 0.6) is 0 Å². The molecule has 3 rings (SSSR count). The Morgan fingerprint density at radius 2 is 1.05 bits per heavy atom. The highest BCUT2D eigenvalue weighted by Crippen LogP contribution is 2.36. The van der Waals surface area contributed by atoms with E-state index < -0.39 is 188 Å². The maximum Gasteiger partial charge on any atom is 0.305 e. The van der Waals surface area contributed by atoms with Crippen LogP contribution < -0.4 is 70.0 Å². The van der Waals surface area contributed by atoms with Gasteiger partial charge in [0, 0.05) is 12.3 Å². The Bertz CT molecular complexity index is 2160. The van der Waals surface area contributed by atoms with Crippen molar-refractivity contribution in [1.29, 1.82) is 0 Å². The number of hydrogen-bond acceptors (Lipinski definition) is 17. The van der Waals surface area contributed by atoms with Crippen molar-refractivity contribution in [2.24, 2.45) is 28.3 Å². The summed E-state index contributed by atoms with van der Waals surface area (Å²) in [4.78, 5) is 176. The number of thioether (sulfide) groups is 1. The molecule has 31 nitrogen and oxygen atoms in total. The van der Waals surface area contributed by atoms with Crippen LogP contribution in [0.1, 0.15) is 59.8 Å². The zero-order valence-corrected chi connectivity index (χ0v) is 42.0. The molecule has 18 N–H and O–H groups in total. The second-order valence-corrected chi connectivity index (χ2v) is 19.1. The normalized spacial score (nSPS) is 27.4. The quantitative estimate of drug-likeness (QED) is 0.0549. The fourth-order valence-corrected chi connectivity index (χ4v) is 8.97. The van der Waals surface area contributed by atoms with Gasteiger partial charge in [-0.05, 0) is 37.5 Å². The highest BCUT2D eigenvalue weighted by atomic mass is 32.2. The molecule has 0 unspecified atom stereocenters. The molecular formula is C42H67N15O16S. The molecule has 32 heteroatoms. The number of piperidine rings is 1. The number of aliphatic imine (C=N–C) groups is 1. The van der Waals surface area contributed by atoms with E-state index in [9.17, 15) is 77.6 Å². The van der Waals surface area contributed by atoms with Gasteiger partial charge in [-0.3, -0.25) is 67.3 Å². The Balaban J connectivity index is 1.89. The first-order valence-electron chi connectivity index (χ1n) is 23.5. The monoisotopic (exact) mass is 1070 g/mol. The van der Waals surface area contributed by atoms with E-state index in [0.717, 1.165) is 0 Å². The molecule has 9 atom stereocenters. The van der Waals surface area contributed by atoms with Crippen LogP contribution in [-0.2, 0) is 62.3 Å². The summed E-state index contributed by atoms with van der Waals surface area (Å²) in [6, 6.07) is -11.6. The third kappa shape index (κ3) is 18.9. The average Bonchev–Trinajstić information content (AvgIpc) is 3.78. The number of hydrogen-bond donors (Lipinski definition) is 16. The van der Waals surface area contributed by atoms with Crippen molar-refractivity contribution in [2.45, 2.75) is 114 Å². The van der Waals surface area contributed by atoms with E-state index in [0.29, 0.717) is 0 Å². The molecule has 0 aromatic heterocycles. The minimum absolute atomic E-state index is 0.00350. The zero-order valence-electron chi connectivity index (χ0n) is 41.1. The standard InChI is InChI=1S/C42H67N15O16S/c1-18(2)32-39(71)48-12-26(60)50-20(6-5-9-45-42(43)44)34(66)46-11-27(61)51-22(10-31(64)65)36(68)56-33(19(3)4)40(72)49-13-28(62)52-24(16-59)37(69)53-21-7-8-30-57(41(21)73)25(17-74-30)38(70)54-23(15-58)35(67)47-14-29(63)55-32/h18-25,30,32-33,58-59H,5-17H2,1-4H3,(H,46,66)(H,47,67)(H,48,71)(H,49,72)(H,50,60)(H,51,61)(H,52,62)(H,53,69)(H,54,70)(H,55,63)(H,56,68)(H,64,65)(H4,43,44,45)/t20-,21-,22-,23-,24-,25-,30-,32-,33-/m0/s1. The van der Waals surface area contributed by atoms with Crippen molar-refractivity contribution in [2.75, 3.05) is 51.7 Å². The molecule has 0 aromatic carbocycles. The Morgan fingerprint density at radius 3 is 1.57 bits per heavy atom. The number of amides is 12. The molecule has 412 valence electrons. The van der Waals surface area contributed by atoms with Crippen LogP contribution in [0.3, 0.4) is 0 Å². The first-order valence-corrected chi connectivity index (χ1v) is 24.5. The van der Waals surface area contributed by atoms with Crippen LogP contribution in [0, 0.1) is 11.8 Å². The molecule has 3 aliphatic heterocycles. The molecule has 3 fully saturated rings.